The first-order chi connectivity index (χ1) is 25.5. The van der Waals surface area contributed by atoms with E-state index in [0.29, 0.717) is 11.0 Å². The second-order valence-corrected chi connectivity index (χ2v) is 10.5. The van der Waals surface area contributed by atoms with Crippen molar-refractivity contribution in [2.24, 2.45) is 0 Å². The fraction of sp³-hybridized carbons (Fsp3) is 0. The molecule has 43 heavy (non-hydrogen) atoms. The molecule has 8 aromatic carbocycles. The van der Waals surface area contributed by atoms with E-state index in [1.54, 1.807) is 6.07 Å². The average molecular weight is 557 g/mol. The number of fused-ring (bicyclic) bond motifs is 7. The van der Waals surface area contributed by atoms with Crippen LogP contribution in [0.5, 0.6) is 0 Å². The standard InChI is InChI=1S/C42H26O/c1-3-13-27(14-4-1)36-26-38-37-25-29(23-24-39(37)43-42(38)35-22-12-7-17-30(35)36)41-33-20-10-8-18-31(33)40(28-15-5-2-6-16-28)32-19-9-11-21-34(32)41/h1-26H/i1D,3D,4D,7D,12D,13D,14D,17D,22D,26D. The molecule has 0 radical (unpaired) electrons. The van der Waals surface area contributed by atoms with Crippen molar-refractivity contribution in [2.45, 2.75) is 0 Å². The number of rotatable bonds is 3. The van der Waals surface area contributed by atoms with Gasteiger partial charge >= 0.3 is 0 Å². The summed E-state index contributed by atoms with van der Waals surface area (Å²) in [7, 11) is 0. The zero-order chi connectivity index (χ0) is 37.0. The Kier molecular flexibility index (Phi) is 3.53. The Morgan fingerprint density at radius 3 is 1.67 bits per heavy atom. The van der Waals surface area contributed by atoms with Gasteiger partial charge in [-0.2, -0.15) is 0 Å². The van der Waals surface area contributed by atoms with Crippen LogP contribution in [0.1, 0.15) is 13.7 Å². The van der Waals surface area contributed by atoms with E-state index < -0.39 is 54.4 Å². The van der Waals surface area contributed by atoms with Gasteiger partial charge in [-0.15, -0.1) is 0 Å². The largest absolute Gasteiger partial charge is 0.455 e. The van der Waals surface area contributed by atoms with E-state index in [2.05, 4.69) is 36.4 Å². The molecule has 0 saturated heterocycles. The molecule has 1 heteroatoms. The Morgan fingerprint density at radius 1 is 0.419 bits per heavy atom. The molecule has 200 valence electrons. The molecule has 1 heterocycles. The van der Waals surface area contributed by atoms with E-state index >= 15 is 0 Å². The molecule has 0 aliphatic rings. The van der Waals surface area contributed by atoms with Crippen LogP contribution in [-0.4, -0.2) is 0 Å². The summed E-state index contributed by atoms with van der Waals surface area (Å²) in [4.78, 5) is 0. The molecule has 0 aliphatic heterocycles. The van der Waals surface area contributed by atoms with Gasteiger partial charge in [0.1, 0.15) is 11.2 Å². The minimum atomic E-state index is -0.619. The minimum absolute atomic E-state index is 0.0373. The molecule has 9 rings (SSSR count). The molecule has 0 N–H and O–H groups in total. The van der Waals surface area contributed by atoms with Crippen molar-refractivity contribution in [3.05, 3.63) is 157 Å². The first-order valence-electron chi connectivity index (χ1n) is 19.0. The van der Waals surface area contributed by atoms with E-state index in [0.717, 1.165) is 43.8 Å². The summed E-state index contributed by atoms with van der Waals surface area (Å²) in [5, 5.41) is 4.60. The molecule has 0 unspecified atom stereocenters. The van der Waals surface area contributed by atoms with Crippen LogP contribution in [0.15, 0.2) is 162 Å². The molecule has 0 amide bonds. The van der Waals surface area contributed by atoms with Gasteiger partial charge in [-0.25, -0.2) is 0 Å². The SMILES string of the molecule is [2H]c1c([2H])c([2H])c(-c2c([2H])c3c4cc(-c5c6ccccc6c(-c6ccccc6)c6ccccc56)ccc4oc3c3c([2H])c([2H])c([2H])c([2H])c23)c([2H])c1[2H]. The fourth-order valence-corrected chi connectivity index (χ4v) is 6.33. The molecule has 0 fully saturated rings. The molecular formula is C42H26O. The molecule has 1 nitrogen and oxygen atoms in total. The highest BCUT2D eigenvalue weighted by molar-refractivity contribution is 6.23. The van der Waals surface area contributed by atoms with Crippen molar-refractivity contribution < 1.29 is 18.1 Å². The molecule has 0 bridgehead atoms. The van der Waals surface area contributed by atoms with E-state index in [9.17, 15) is 1.37 Å². The van der Waals surface area contributed by atoms with Crippen molar-refractivity contribution in [1.29, 1.82) is 0 Å². The van der Waals surface area contributed by atoms with Gasteiger partial charge in [0.2, 0.25) is 0 Å². The zero-order valence-corrected chi connectivity index (χ0v) is 22.6. The van der Waals surface area contributed by atoms with Crippen LogP contribution in [0.4, 0.5) is 0 Å². The summed E-state index contributed by atoms with van der Waals surface area (Å²) in [5.41, 5.74) is 3.85. The van der Waals surface area contributed by atoms with Crippen molar-refractivity contribution in [3.63, 3.8) is 0 Å². The van der Waals surface area contributed by atoms with Crippen LogP contribution in [0.3, 0.4) is 0 Å². The van der Waals surface area contributed by atoms with Gasteiger partial charge in [-0.05, 0) is 78.5 Å². The maximum absolute atomic E-state index is 9.65. The summed E-state index contributed by atoms with van der Waals surface area (Å²) < 4.78 is 93.5. The van der Waals surface area contributed by atoms with Gasteiger partial charge < -0.3 is 4.42 Å². The minimum Gasteiger partial charge on any atom is -0.455 e. The second-order valence-electron chi connectivity index (χ2n) is 10.5. The van der Waals surface area contributed by atoms with Gasteiger partial charge in [-0.1, -0.05) is 139 Å². The van der Waals surface area contributed by atoms with Crippen LogP contribution in [0.2, 0.25) is 0 Å². The topological polar surface area (TPSA) is 13.1 Å². The monoisotopic (exact) mass is 556 g/mol. The molecule has 0 atom stereocenters. The predicted molar refractivity (Wildman–Crippen MR) is 183 cm³/mol. The average Bonchev–Trinajstić information content (AvgIpc) is 3.56. The van der Waals surface area contributed by atoms with Crippen molar-refractivity contribution in [3.8, 4) is 33.4 Å². The first kappa shape index (κ1) is 16.1. The van der Waals surface area contributed by atoms with Crippen molar-refractivity contribution in [1.82, 2.24) is 0 Å². The Bertz CT molecular complexity index is 2970. The normalized spacial score (nSPS) is 15.0. The van der Waals surface area contributed by atoms with Crippen molar-refractivity contribution >= 4 is 54.3 Å². The summed E-state index contributed by atoms with van der Waals surface area (Å²) in [5.74, 6) is 0. The Morgan fingerprint density at radius 2 is 1.00 bits per heavy atom. The van der Waals surface area contributed by atoms with E-state index in [4.69, 9.17) is 16.8 Å². The van der Waals surface area contributed by atoms with E-state index in [-0.39, 0.29) is 38.9 Å². The van der Waals surface area contributed by atoms with Crippen LogP contribution in [0, 0.1) is 0 Å². The number of hydrogen-bond donors (Lipinski definition) is 0. The molecule has 9 aromatic rings. The highest BCUT2D eigenvalue weighted by Gasteiger charge is 2.19. The maximum Gasteiger partial charge on any atom is 0.143 e. The lowest BCUT2D eigenvalue weighted by atomic mass is 9.85. The van der Waals surface area contributed by atoms with Gasteiger partial charge in [0.25, 0.3) is 0 Å². The molecular weight excluding hydrogens is 520 g/mol. The highest BCUT2D eigenvalue weighted by atomic mass is 16.3. The summed E-state index contributed by atoms with van der Waals surface area (Å²) in [6.07, 6.45) is 0. The third-order valence-corrected chi connectivity index (χ3v) is 8.14. The quantitative estimate of drug-likeness (QED) is 0.197. The fourth-order valence-electron chi connectivity index (χ4n) is 6.33. The molecule has 0 spiro atoms. The Hall–Kier alpha value is -5.66. The van der Waals surface area contributed by atoms with Gasteiger partial charge in [0.05, 0.1) is 13.7 Å². The Balaban J connectivity index is 1.45. The number of furan rings is 1. The third kappa shape index (κ3) is 3.65. The third-order valence-electron chi connectivity index (χ3n) is 8.14. The second kappa shape index (κ2) is 9.44. The van der Waals surface area contributed by atoms with Crippen LogP contribution in [-0.2, 0) is 0 Å². The van der Waals surface area contributed by atoms with Crippen LogP contribution in [0.25, 0.3) is 87.6 Å². The number of benzene rings is 8. The maximum atomic E-state index is 9.65. The lowest BCUT2D eigenvalue weighted by Gasteiger charge is -2.17. The summed E-state index contributed by atoms with van der Waals surface area (Å²) in [6, 6.07) is 26.9. The van der Waals surface area contributed by atoms with Crippen LogP contribution >= 0.6 is 0 Å². The lowest BCUT2D eigenvalue weighted by molar-refractivity contribution is 0.673. The van der Waals surface area contributed by atoms with Crippen molar-refractivity contribution in [2.75, 3.05) is 0 Å². The molecule has 1 aromatic heterocycles. The zero-order valence-electron chi connectivity index (χ0n) is 32.6. The number of hydrogen-bond acceptors (Lipinski definition) is 1. The van der Waals surface area contributed by atoms with E-state index in [1.807, 2.05) is 54.6 Å². The van der Waals surface area contributed by atoms with Crippen LogP contribution < -0.4 is 0 Å². The van der Waals surface area contributed by atoms with Gasteiger partial charge in [0, 0.05) is 16.2 Å². The summed E-state index contributed by atoms with van der Waals surface area (Å²) in [6.45, 7) is 0. The van der Waals surface area contributed by atoms with Gasteiger partial charge in [-0.3, -0.25) is 0 Å². The predicted octanol–water partition coefficient (Wildman–Crippen LogP) is 12.0. The lowest BCUT2D eigenvalue weighted by Crippen LogP contribution is -1.90. The first-order valence-corrected chi connectivity index (χ1v) is 14.0. The van der Waals surface area contributed by atoms with E-state index in [1.165, 1.54) is 0 Å². The highest BCUT2D eigenvalue weighted by Crippen LogP contribution is 2.45. The molecule has 0 saturated carbocycles. The Labute approximate surface area is 263 Å². The smallest absolute Gasteiger partial charge is 0.143 e. The molecule has 0 aliphatic carbocycles. The summed E-state index contributed by atoms with van der Waals surface area (Å²) >= 11 is 0. The van der Waals surface area contributed by atoms with Gasteiger partial charge in [0.15, 0.2) is 0 Å².